The fourth-order valence-electron chi connectivity index (χ4n) is 5.94. The number of hydrogen-bond donors (Lipinski definition) is 0. The second-order valence-corrected chi connectivity index (χ2v) is 18.9. The highest BCUT2D eigenvalue weighted by Gasteiger charge is 2.34. The van der Waals surface area contributed by atoms with Gasteiger partial charge in [0.1, 0.15) is 0 Å². The Hall–Kier alpha value is -0.120. The van der Waals surface area contributed by atoms with Gasteiger partial charge in [-0.05, 0) is 63.5 Å². The van der Waals surface area contributed by atoms with Crippen molar-refractivity contribution in [1.82, 2.24) is 0 Å². The SMILES string of the molecule is C=CC(F)OP(=O)([O-])OC(F)C=C.CCCCCCCCCCCCCC[P+](CCCCCC)(CCCCCC)CCCCCC. The Morgan fingerprint density at radius 2 is 0.739 bits per heavy atom. The summed E-state index contributed by atoms with van der Waals surface area (Å²) in [6.07, 6.45) is 38.7. The van der Waals surface area contributed by atoms with Crippen LogP contribution in [0.2, 0.25) is 0 Å². The second kappa shape index (κ2) is 34.7. The zero-order valence-electron chi connectivity index (χ0n) is 30.8. The predicted octanol–water partition coefficient (Wildman–Crippen LogP) is 13.9. The molecule has 0 aromatic heterocycles. The molecular formula is C38H76F2O4P2. The van der Waals surface area contributed by atoms with E-state index < -0.39 is 27.8 Å². The molecule has 0 heterocycles. The second-order valence-electron chi connectivity index (χ2n) is 13.1. The van der Waals surface area contributed by atoms with Gasteiger partial charge in [0.2, 0.25) is 12.7 Å². The summed E-state index contributed by atoms with van der Waals surface area (Å²) in [6, 6.07) is 0. The highest BCUT2D eigenvalue weighted by Crippen LogP contribution is 2.61. The van der Waals surface area contributed by atoms with Gasteiger partial charge in [0, 0.05) is 7.26 Å². The molecule has 276 valence electrons. The van der Waals surface area contributed by atoms with Gasteiger partial charge in [-0.25, -0.2) is 8.78 Å². The van der Waals surface area contributed by atoms with Gasteiger partial charge in [-0.2, -0.15) is 0 Å². The van der Waals surface area contributed by atoms with E-state index in [-0.39, 0.29) is 0 Å². The van der Waals surface area contributed by atoms with Crippen molar-refractivity contribution in [2.45, 2.75) is 195 Å². The Bertz CT molecular complexity index is 659. The monoisotopic (exact) mass is 697 g/mol. The summed E-state index contributed by atoms with van der Waals surface area (Å²) < 4.78 is 42.4. The minimum atomic E-state index is -4.98. The first kappa shape index (κ1) is 48.0. The minimum absolute atomic E-state index is 0.578. The van der Waals surface area contributed by atoms with E-state index in [1.807, 2.05) is 0 Å². The van der Waals surface area contributed by atoms with Crippen LogP contribution in [0.3, 0.4) is 0 Å². The van der Waals surface area contributed by atoms with Crippen LogP contribution in [0.15, 0.2) is 25.3 Å². The molecule has 0 aliphatic carbocycles. The van der Waals surface area contributed by atoms with Crippen LogP contribution in [0.4, 0.5) is 8.78 Å². The smallest absolute Gasteiger partial charge is 0.273 e. The summed E-state index contributed by atoms with van der Waals surface area (Å²) in [5.41, 5.74) is 0. The van der Waals surface area contributed by atoms with Crippen molar-refractivity contribution in [3.8, 4) is 0 Å². The molecular weight excluding hydrogens is 620 g/mol. The van der Waals surface area contributed by atoms with Gasteiger partial charge < -0.3 is 4.89 Å². The van der Waals surface area contributed by atoms with E-state index in [1.165, 1.54) is 128 Å². The molecule has 0 aromatic rings. The van der Waals surface area contributed by atoms with Crippen molar-refractivity contribution in [2.75, 3.05) is 24.6 Å². The lowest BCUT2D eigenvalue weighted by Crippen LogP contribution is -2.15. The molecule has 0 aromatic carbocycles. The van der Waals surface area contributed by atoms with Crippen LogP contribution in [0.1, 0.15) is 182 Å². The molecule has 4 nitrogen and oxygen atoms in total. The fourth-order valence-corrected chi connectivity index (χ4v) is 11.6. The summed E-state index contributed by atoms with van der Waals surface area (Å²) in [6.45, 7) is 15.2. The van der Waals surface area contributed by atoms with Crippen molar-refractivity contribution < 1.29 is 27.3 Å². The van der Waals surface area contributed by atoms with Gasteiger partial charge in [0.15, 0.2) is 0 Å². The summed E-state index contributed by atoms with van der Waals surface area (Å²) in [5, 5.41) is 0. The highest BCUT2D eigenvalue weighted by molar-refractivity contribution is 7.75. The molecule has 2 unspecified atom stereocenters. The minimum Gasteiger partial charge on any atom is -0.756 e. The zero-order valence-corrected chi connectivity index (χ0v) is 32.6. The van der Waals surface area contributed by atoms with E-state index in [1.54, 1.807) is 50.3 Å². The van der Waals surface area contributed by atoms with E-state index in [4.69, 9.17) is 0 Å². The molecule has 0 rings (SSSR count). The molecule has 0 bridgehead atoms. The third-order valence-corrected chi connectivity index (χ3v) is 14.8. The van der Waals surface area contributed by atoms with E-state index >= 15 is 0 Å². The van der Waals surface area contributed by atoms with Gasteiger partial charge in [-0.3, -0.25) is 13.6 Å². The molecule has 0 aliphatic heterocycles. The van der Waals surface area contributed by atoms with Crippen LogP contribution in [-0.4, -0.2) is 37.4 Å². The Morgan fingerprint density at radius 3 is 0.978 bits per heavy atom. The lowest BCUT2D eigenvalue weighted by molar-refractivity contribution is -0.239. The van der Waals surface area contributed by atoms with Crippen molar-refractivity contribution in [2.24, 2.45) is 0 Å². The summed E-state index contributed by atoms with van der Waals surface area (Å²) in [7, 11) is -5.68. The van der Waals surface area contributed by atoms with Crippen LogP contribution >= 0.6 is 15.1 Å². The lowest BCUT2D eigenvalue weighted by Gasteiger charge is -2.28. The molecule has 0 spiro atoms. The van der Waals surface area contributed by atoms with Crippen molar-refractivity contribution in [3.05, 3.63) is 25.3 Å². The Labute approximate surface area is 286 Å². The van der Waals surface area contributed by atoms with E-state index in [0.29, 0.717) is 12.2 Å². The molecule has 8 heteroatoms. The topological polar surface area (TPSA) is 58.6 Å². The quantitative estimate of drug-likeness (QED) is 0.0382. The zero-order chi connectivity index (χ0) is 34.8. The summed E-state index contributed by atoms with van der Waals surface area (Å²) in [4.78, 5) is 10.6. The molecule has 0 radical (unpaired) electrons. The van der Waals surface area contributed by atoms with E-state index in [2.05, 4.69) is 49.9 Å². The van der Waals surface area contributed by atoms with Crippen molar-refractivity contribution in [3.63, 3.8) is 0 Å². The van der Waals surface area contributed by atoms with Gasteiger partial charge in [-0.1, -0.05) is 144 Å². The first-order valence-corrected chi connectivity index (χ1v) is 23.2. The van der Waals surface area contributed by atoms with Crippen LogP contribution in [0.5, 0.6) is 0 Å². The van der Waals surface area contributed by atoms with Crippen LogP contribution in [-0.2, 0) is 13.6 Å². The molecule has 0 N–H and O–H groups in total. The largest absolute Gasteiger partial charge is 0.756 e. The number of alkyl halides is 2. The third kappa shape index (κ3) is 32.4. The normalized spacial score (nSPS) is 14.2. The van der Waals surface area contributed by atoms with E-state index in [0.717, 1.165) is 0 Å². The molecule has 0 aliphatic rings. The van der Waals surface area contributed by atoms with E-state index in [9.17, 15) is 18.2 Å². The highest BCUT2D eigenvalue weighted by atomic mass is 31.2. The Kier molecular flexibility index (Phi) is 36.2. The number of unbranched alkanes of at least 4 members (excludes halogenated alkanes) is 20. The number of rotatable bonds is 34. The van der Waals surface area contributed by atoms with Crippen LogP contribution in [0.25, 0.3) is 0 Å². The lowest BCUT2D eigenvalue weighted by atomic mass is 10.1. The molecule has 0 saturated carbocycles. The predicted molar refractivity (Wildman–Crippen MR) is 200 cm³/mol. The number of halogens is 2. The molecule has 2 atom stereocenters. The van der Waals surface area contributed by atoms with Crippen LogP contribution < -0.4 is 4.89 Å². The maximum absolute atomic E-state index is 12.2. The molecule has 0 amide bonds. The number of phosphoric ester groups is 1. The van der Waals surface area contributed by atoms with Gasteiger partial charge in [0.05, 0.1) is 24.6 Å². The fraction of sp³-hybridized carbons (Fsp3) is 0.895. The third-order valence-electron chi connectivity index (χ3n) is 8.77. The average molecular weight is 697 g/mol. The number of phosphoric acid groups is 1. The first-order chi connectivity index (χ1) is 22.2. The first-order valence-electron chi connectivity index (χ1n) is 19.2. The standard InChI is InChI=1S/C32H68P.C6H9F2O4P/c1-5-9-13-17-18-19-20-21-22-23-24-28-32-33(29-25-14-10-6-2,30-26-15-11-7-3)31-27-16-12-8-4;1-3-5(7)11-13(9,10)12-6(8)4-2/h5-32H2,1-4H3;3-6H,1-2H2,(H,9,10)/q+1;/p-1. The van der Waals surface area contributed by atoms with Crippen LogP contribution in [0, 0.1) is 0 Å². The van der Waals surface area contributed by atoms with Gasteiger partial charge >= 0.3 is 0 Å². The Morgan fingerprint density at radius 1 is 0.522 bits per heavy atom. The van der Waals surface area contributed by atoms with Gasteiger partial charge in [0.25, 0.3) is 7.82 Å². The maximum atomic E-state index is 12.2. The van der Waals surface area contributed by atoms with Crippen molar-refractivity contribution >= 4 is 15.1 Å². The molecule has 0 fully saturated rings. The number of hydrogen-bond acceptors (Lipinski definition) is 4. The van der Waals surface area contributed by atoms with Gasteiger partial charge in [-0.15, -0.1) is 0 Å². The summed E-state index contributed by atoms with van der Waals surface area (Å²) in [5.74, 6) is 0. The van der Waals surface area contributed by atoms with Crippen molar-refractivity contribution in [1.29, 1.82) is 0 Å². The average Bonchev–Trinajstić information content (AvgIpc) is 3.03. The summed E-state index contributed by atoms with van der Waals surface area (Å²) >= 11 is 0. The Balaban J connectivity index is 0. The molecule has 46 heavy (non-hydrogen) atoms. The molecule has 0 saturated heterocycles. The maximum Gasteiger partial charge on any atom is 0.273 e.